The summed E-state index contributed by atoms with van der Waals surface area (Å²) in [5, 5.41) is 76.9. The Kier molecular flexibility index (Phi) is 3.74. The van der Waals surface area contributed by atoms with Gasteiger partial charge in [0.05, 0.1) is 6.10 Å². The van der Waals surface area contributed by atoms with E-state index < -0.39 is 82.6 Å². The highest BCUT2D eigenvalue weighted by atomic mass is 16.7. The number of esters is 1. The number of fused-ring (bicyclic) bond motifs is 2. The van der Waals surface area contributed by atoms with Crippen molar-refractivity contribution in [3.8, 4) is 0 Å². The van der Waals surface area contributed by atoms with Gasteiger partial charge in [0, 0.05) is 11.3 Å². The summed E-state index contributed by atoms with van der Waals surface area (Å²) in [6.45, 7) is 3.08. The van der Waals surface area contributed by atoms with E-state index in [1.165, 1.54) is 13.0 Å². The smallest absolute Gasteiger partial charge is 0.338 e. The molecule has 2 saturated heterocycles. The molecule has 4 fully saturated rings. The minimum atomic E-state index is -3.11. The van der Waals surface area contributed by atoms with Crippen LogP contribution in [0.25, 0.3) is 0 Å². The molecular formula is C19H24O11. The lowest BCUT2D eigenvalue weighted by Gasteiger charge is -2.69. The van der Waals surface area contributed by atoms with Crippen molar-refractivity contribution < 1.29 is 54.8 Å². The van der Waals surface area contributed by atoms with Crippen LogP contribution in [-0.4, -0.2) is 95.7 Å². The molecule has 0 aromatic carbocycles. The van der Waals surface area contributed by atoms with Gasteiger partial charge in [0.2, 0.25) is 5.79 Å². The number of ketones is 1. The van der Waals surface area contributed by atoms with E-state index in [0.29, 0.717) is 5.57 Å². The predicted octanol–water partition coefficient (Wildman–Crippen LogP) is -3.70. The fourth-order valence-corrected chi connectivity index (χ4v) is 7.31. The molecule has 166 valence electrons. The number of aliphatic hydroxyl groups excluding tert-OH is 5. The van der Waals surface area contributed by atoms with Gasteiger partial charge >= 0.3 is 5.97 Å². The number of rotatable bonds is 0. The van der Waals surface area contributed by atoms with E-state index in [1.54, 1.807) is 6.92 Å². The van der Waals surface area contributed by atoms with Gasteiger partial charge in [-0.3, -0.25) is 4.79 Å². The molecule has 1 spiro atoms. The molecule has 2 bridgehead atoms. The molecule has 5 rings (SSSR count). The number of carbonyl (C=O) groups is 2. The molecule has 2 heterocycles. The third-order valence-electron chi connectivity index (χ3n) is 8.55. The maximum absolute atomic E-state index is 12.5. The Morgan fingerprint density at radius 2 is 1.70 bits per heavy atom. The highest BCUT2D eigenvalue weighted by Gasteiger charge is 2.92. The molecule has 2 aliphatic heterocycles. The Labute approximate surface area is 170 Å². The maximum Gasteiger partial charge on any atom is 0.338 e. The highest BCUT2D eigenvalue weighted by Crippen LogP contribution is 2.74. The first-order valence-electron chi connectivity index (χ1n) is 9.76. The monoisotopic (exact) mass is 428 g/mol. The summed E-state index contributed by atoms with van der Waals surface area (Å²) in [5.41, 5.74) is -6.28. The van der Waals surface area contributed by atoms with Crippen molar-refractivity contribution in [1.82, 2.24) is 0 Å². The summed E-state index contributed by atoms with van der Waals surface area (Å²) in [7, 11) is 0. The SMILES string of the molecule is CC1=CC(=O)[C@@H](O)[C@]2(C)[C@H]3[C@@H](O)[C@H](O)[C@@]4(O)O[C@H](O)[C@@]35[C@@H](C[C@@H]12)OC(=O)[C@H](O)[C@]54O. The van der Waals surface area contributed by atoms with Crippen molar-refractivity contribution in [2.24, 2.45) is 22.7 Å². The van der Waals surface area contributed by atoms with Crippen LogP contribution in [0.4, 0.5) is 0 Å². The van der Waals surface area contributed by atoms with Gasteiger partial charge < -0.3 is 45.2 Å². The molecule has 0 radical (unpaired) electrons. The van der Waals surface area contributed by atoms with Gasteiger partial charge in [-0.2, -0.15) is 0 Å². The first-order chi connectivity index (χ1) is 13.8. The van der Waals surface area contributed by atoms with Gasteiger partial charge in [-0.15, -0.1) is 0 Å². The third kappa shape index (κ3) is 1.68. The topological polar surface area (TPSA) is 194 Å². The lowest BCUT2D eigenvalue weighted by Crippen LogP contribution is -2.87. The van der Waals surface area contributed by atoms with Crippen molar-refractivity contribution in [2.45, 2.75) is 68.5 Å². The largest absolute Gasteiger partial charge is 0.459 e. The number of hydrogen-bond acceptors (Lipinski definition) is 11. The minimum absolute atomic E-state index is 0.0975. The minimum Gasteiger partial charge on any atom is -0.459 e. The fourth-order valence-electron chi connectivity index (χ4n) is 7.31. The molecule has 0 amide bonds. The zero-order chi connectivity index (χ0) is 22.2. The molecule has 30 heavy (non-hydrogen) atoms. The molecule has 11 nitrogen and oxygen atoms in total. The number of ether oxygens (including phenoxy) is 2. The number of allylic oxidation sites excluding steroid dienone is 1. The zero-order valence-electron chi connectivity index (χ0n) is 16.2. The third-order valence-corrected chi connectivity index (χ3v) is 8.55. The molecular weight excluding hydrogens is 404 g/mol. The van der Waals surface area contributed by atoms with E-state index in [-0.39, 0.29) is 6.42 Å². The van der Waals surface area contributed by atoms with Crippen molar-refractivity contribution in [3.05, 3.63) is 11.6 Å². The molecule has 3 aliphatic carbocycles. The summed E-state index contributed by atoms with van der Waals surface area (Å²) < 4.78 is 10.5. The maximum atomic E-state index is 12.5. The second-order valence-electron chi connectivity index (χ2n) is 9.45. The van der Waals surface area contributed by atoms with Gasteiger partial charge in [0.1, 0.15) is 23.7 Å². The van der Waals surface area contributed by atoms with Crippen LogP contribution in [0.5, 0.6) is 0 Å². The van der Waals surface area contributed by atoms with Crippen molar-refractivity contribution in [2.75, 3.05) is 0 Å². The molecule has 7 N–H and O–H groups in total. The summed E-state index contributed by atoms with van der Waals surface area (Å²) in [5.74, 6) is -7.25. The molecule has 0 unspecified atom stereocenters. The van der Waals surface area contributed by atoms with E-state index in [2.05, 4.69) is 0 Å². The second kappa shape index (κ2) is 5.48. The van der Waals surface area contributed by atoms with E-state index in [1.807, 2.05) is 0 Å². The zero-order valence-corrected chi connectivity index (χ0v) is 16.2. The Morgan fingerprint density at radius 1 is 1.07 bits per heavy atom. The lowest BCUT2D eigenvalue weighted by atomic mass is 9.37. The average Bonchev–Trinajstić information content (AvgIpc) is 2.81. The average molecular weight is 428 g/mol. The number of carbonyl (C=O) groups excluding carboxylic acids is 2. The summed E-state index contributed by atoms with van der Waals surface area (Å²) in [4.78, 5) is 24.9. The number of aliphatic hydroxyl groups is 7. The van der Waals surface area contributed by atoms with E-state index in [4.69, 9.17) is 9.47 Å². The van der Waals surface area contributed by atoms with Gasteiger partial charge in [-0.25, -0.2) is 4.79 Å². The van der Waals surface area contributed by atoms with Gasteiger partial charge in [0.25, 0.3) is 0 Å². The van der Waals surface area contributed by atoms with Crippen LogP contribution in [0.1, 0.15) is 20.3 Å². The summed E-state index contributed by atoms with van der Waals surface area (Å²) in [6, 6.07) is 0. The van der Waals surface area contributed by atoms with Crippen LogP contribution in [0.3, 0.4) is 0 Å². The number of hydrogen-bond donors (Lipinski definition) is 7. The van der Waals surface area contributed by atoms with Crippen molar-refractivity contribution >= 4 is 11.8 Å². The van der Waals surface area contributed by atoms with Gasteiger partial charge in [0.15, 0.2) is 23.8 Å². The quantitative estimate of drug-likeness (QED) is 0.188. The van der Waals surface area contributed by atoms with Crippen molar-refractivity contribution in [3.63, 3.8) is 0 Å². The Morgan fingerprint density at radius 3 is 2.33 bits per heavy atom. The van der Waals surface area contributed by atoms with Crippen LogP contribution < -0.4 is 0 Å². The summed E-state index contributed by atoms with van der Waals surface area (Å²) in [6.07, 6.45) is -10.7. The summed E-state index contributed by atoms with van der Waals surface area (Å²) >= 11 is 0. The fraction of sp³-hybridized carbons (Fsp3) is 0.789. The molecule has 11 heteroatoms. The standard InChI is InChI=1S/C19H24O11/c1-5-3-7(20)11(22)16(2)6(5)4-8-17-10(16)9(21)12(23)19(28,30-15(17)26)18(17,27)13(24)14(25)29-8/h3,6,8-13,15,21-24,26-28H,4H2,1-2H3/t6-,8+,9+,10+,11+,12-,13-,15-,16-,17+,18-,19+/m0/s1. The molecule has 12 atom stereocenters. The van der Waals surface area contributed by atoms with Crippen molar-refractivity contribution in [1.29, 1.82) is 0 Å². The highest BCUT2D eigenvalue weighted by molar-refractivity contribution is 5.96. The Bertz CT molecular complexity index is 888. The molecule has 2 saturated carbocycles. The predicted molar refractivity (Wildman–Crippen MR) is 91.8 cm³/mol. The molecule has 0 aromatic heterocycles. The molecule has 5 aliphatic rings. The van der Waals surface area contributed by atoms with E-state index in [9.17, 15) is 45.3 Å². The van der Waals surface area contributed by atoms with Crippen LogP contribution in [0, 0.1) is 22.7 Å². The van der Waals surface area contributed by atoms with Crippen LogP contribution in [0.15, 0.2) is 11.6 Å². The van der Waals surface area contributed by atoms with E-state index >= 15 is 0 Å². The van der Waals surface area contributed by atoms with Crippen LogP contribution in [-0.2, 0) is 19.1 Å². The van der Waals surface area contributed by atoms with Crippen LogP contribution in [0.2, 0.25) is 0 Å². The Hall–Kier alpha value is -1.44. The van der Waals surface area contributed by atoms with Gasteiger partial charge in [-0.1, -0.05) is 12.5 Å². The first kappa shape index (κ1) is 20.5. The first-order valence-corrected chi connectivity index (χ1v) is 9.76. The normalized spacial score (nSPS) is 61.7. The van der Waals surface area contributed by atoms with Crippen LogP contribution >= 0.6 is 0 Å². The van der Waals surface area contributed by atoms with E-state index in [0.717, 1.165) is 0 Å². The van der Waals surface area contributed by atoms with Gasteiger partial charge in [-0.05, 0) is 25.3 Å². The second-order valence-corrected chi connectivity index (χ2v) is 9.45. The Balaban J connectivity index is 1.86. The lowest BCUT2D eigenvalue weighted by molar-refractivity contribution is -0.398. The molecule has 0 aromatic rings.